The number of hydrogen-bond acceptors (Lipinski definition) is 3. The molecule has 0 aromatic heterocycles. The van der Waals surface area contributed by atoms with Crippen LogP contribution in [0, 0.1) is 0 Å². The topological polar surface area (TPSA) is 30.8 Å². The molecule has 0 saturated heterocycles. The van der Waals surface area contributed by atoms with E-state index in [1.54, 1.807) is 0 Å². The summed E-state index contributed by atoms with van der Waals surface area (Å²) in [5, 5.41) is 4.55. The summed E-state index contributed by atoms with van der Waals surface area (Å²) < 4.78 is 5.60. The summed E-state index contributed by atoms with van der Waals surface area (Å²) >= 11 is 0. The van der Waals surface area contributed by atoms with Crippen molar-refractivity contribution in [2.75, 3.05) is 6.61 Å². The van der Waals surface area contributed by atoms with Crippen molar-refractivity contribution in [2.45, 2.75) is 72.0 Å². The number of oxime groups is 1. The number of rotatable bonds is 9. The summed E-state index contributed by atoms with van der Waals surface area (Å²) in [7, 11) is 0. The van der Waals surface area contributed by atoms with Gasteiger partial charge in [-0.1, -0.05) is 60.1 Å². The third kappa shape index (κ3) is 6.06. The largest absolute Gasteiger partial charge is 0.390 e. The lowest BCUT2D eigenvalue weighted by molar-refractivity contribution is 0.00121. The summed E-state index contributed by atoms with van der Waals surface area (Å²) in [6.07, 6.45) is 9.45. The molecule has 0 bridgehead atoms. The van der Waals surface area contributed by atoms with E-state index in [1.165, 1.54) is 29.5 Å². The monoisotopic (exact) mass is 405 g/mol. The Balaban J connectivity index is 1.68. The number of hydrogen-bond donors (Lipinski definition) is 0. The van der Waals surface area contributed by atoms with Crippen LogP contribution in [-0.4, -0.2) is 24.0 Å². The molecule has 0 atom stereocenters. The Labute approximate surface area is 181 Å². The minimum absolute atomic E-state index is 0.317. The van der Waals surface area contributed by atoms with Gasteiger partial charge in [0.1, 0.15) is 11.3 Å². The lowest BCUT2D eigenvalue weighted by Gasteiger charge is -2.16. The zero-order valence-electron chi connectivity index (χ0n) is 19.1. The Morgan fingerprint density at radius 2 is 1.63 bits per heavy atom. The van der Waals surface area contributed by atoms with E-state index in [-0.39, 0.29) is 5.60 Å². The third-order valence-electron chi connectivity index (χ3n) is 4.96. The molecular weight excluding hydrogens is 370 g/mol. The van der Waals surface area contributed by atoms with Crippen LogP contribution >= 0.6 is 0 Å². The molecule has 3 nitrogen and oxygen atoms in total. The van der Waals surface area contributed by atoms with Gasteiger partial charge in [-0.05, 0) is 76.6 Å². The highest BCUT2D eigenvalue weighted by atomic mass is 16.6. The molecule has 3 heteroatoms. The molecule has 0 aliphatic heterocycles. The van der Waals surface area contributed by atoms with Gasteiger partial charge in [-0.2, -0.15) is 0 Å². The molecule has 0 spiro atoms. The van der Waals surface area contributed by atoms with Gasteiger partial charge in [-0.25, -0.2) is 0 Å². The Morgan fingerprint density at radius 3 is 2.37 bits per heavy atom. The molecule has 0 N–H and O–H groups in total. The number of ether oxygens (including phenoxy) is 1. The normalized spacial score (nSPS) is 14.5. The standard InChI is InChI=1S/C27H35NO2/c1-20(2)29-18-12-8-6-7-9-13-21-16-17-23-22-14-10-11-15-24(22)26(25(23)19-21)28-30-27(3,4)5/h9-11,13-17,19-20H,6-8,12,18H2,1-5H3/b13-9+,28-26+. The maximum atomic E-state index is 5.79. The Morgan fingerprint density at radius 1 is 0.900 bits per heavy atom. The minimum Gasteiger partial charge on any atom is -0.390 e. The summed E-state index contributed by atoms with van der Waals surface area (Å²) in [5.41, 5.74) is 6.55. The average Bonchev–Trinajstić information content (AvgIpc) is 3.00. The maximum absolute atomic E-state index is 5.79. The molecule has 3 rings (SSSR count). The smallest absolute Gasteiger partial charge is 0.129 e. The van der Waals surface area contributed by atoms with Crippen molar-refractivity contribution >= 4 is 11.8 Å². The first-order chi connectivity index (χ1) is 14.3. The number of nitrogens with zero attached hydrogens (tertiary/aromatic N) is 1. The number of allylic oxidation sites excluding steroid dienone is 1. The van der Waals surface area contributed by atoms with Crippen LogP contribution in [0.4, 0.5) is 0 Å². The molecule has 0 unspecified atom stereocenters. The van der Waals surface area contributed by atoms with Gasteiger partial charge in [0.25, 0.3) is 0 Å². The Kier molecular flexibility index (Phi) is 7.49. The van der Waals surface area contributed by atoms with Gasteiger partial charge in [-0.3, -0.25) is 0 Å². The quantitative estimate of drug-likeness (QED) is 0.278. The first kappa shape index (κ1) is 22.3. The fourth-order valence-corrected chi connectivity index (χ4v) is 3.53. The predicted molar refractivity (Wildman–Crippen MR) is 127 cm³/mol. The van der Waals surface area contributed by atoms with Crippen molar-refractivity contribution in [1.29, 1.82) is 0 Å². The van der Waals surface area contributed by atoms with Crippen LogP contribution in [0.5, 0.6) is 0 Å². The molecule has 0 heterocycles. The van der Waals surface area contributed by atoms with Crippen molar-refractivity contribution < 1.29 is 9.57 Å². The van der Waals surface area contributed by atoms with E-state index in [0.717, 1.165) is 36.3 Å². The van der Waals surface area contributed by atoms with Gasteiger partial charge in [-0.15, -0.1) is 0 Å². The Hall–Kier alpha value is -2.39. The molecular formula is C27H35NO2. The van der Waals surface area contributed by atoms with Crippen molar-refractivity contribution in [1.82, 2.24) is 0 Å². The van der Waals surface area contributed by atoms with Gasteiger partial charge in [0.2, 0.25) is 0 Å². The first-order valence-corrected chi connectivity index (χ1v) is 11.1. The fraction of sp³-hybridized carbons (Fsp3) is 0.444. The molecule has 2 aromatic rings. The van der Waals surface area contributed by atoms with E-state index in [1.807, 2.05) is 20.8 Å². The van der Waals surface area contributed by atoms with E-state index in [0.29, 0.717) is 6.10 Å². The van der Waals surface area contributed by atoms with Gasteiger partial charge in [0.05, 0.1) is 6.10 Å². The second kappa shape index (κ2) is 10.1. The molecule has 1 aliphatic rings. The van der Waals surface area contributed by atoms with Crippen molar-refractivity contribution in [3.63, 3.8) is 0 Å². The highest BCUT2D eigenvalue weighted by Crippen LogP contribution is 2.37. The average molecular weight is 406 g/mol. The SMILES string of the molecule is CC(C)OCCCCC/C=C/c1ccc2c(c1)/C(=N/OC(C)(C)C)c1ccccc1-2. The second-order valence-electron chi connectivity index (χ2n) is 9.17. The van der Waals surface area contributed by atoms with E-state index in [9.17, 15) is 0 Å². The van der Waals surface area contributed by atoms with Gasteiger partial charge >= 0.3 is 0 Å². The molecule has 2 aromatic carbocycles. The number of benzene rings is 2. The van der Waals surface area contributed by atoms with Crippen LogP contribution in [0.15, 0.2) is 53.7 Å². The lowest BCUT2D eigenvalue weighted by Crippen LogP contribution is -2.17. The van der Waals surface area contributed by atoms with Crippen LogP contribution in [0.2, 0.25) is 0 Å². The van der Waals surface area contributed by atoms with Crippen molar-refractivity contribution in [3.8, 4) is 11.1 Å². The summed E-state index contributed by atoms with van der Waals surface area (Å²) in [5.74, 6) is 0. The zero-order valence-corrected chi connectivity index (χ0v) is 19.1. The van der Waals surface area contributed by atoms with E-state index in [4.69, 9.17) is 9.57 Å². The highest BCUT2D eigenvalue weighted by Gasteiger charge is 2.26. The molecule has 0 saturated carbocycles. The molecule has 0 fully saturated rings. The van der Waals surface area contributed by atoms with Crippen LogP contribution in [0.25, 0.3) is 17.2 Å². The predicted octanol–water partition coefficient (Wildman–Crippen LogP) is 7.23. The van der Waals surface area contributed by atoms with Crippen molar-refractivity contribution in [3.05, 3.63) is 65.2 Å². The van der Waals surface area contributed by atoms with Crippen LogP contribution in [0.3, 0.4) is 0 Å². The molecule has 30 heavy (non-hydrogen) atoms. The molecule has 0 amide bonds. The zero-order chi connectivity index (χ0) is 21.6. The second-order valence-corrected chi connectivity index (χ2v) is 9.17. The van der Waals surface area contributed by atoms with Crippen LogP contribution in [-0.2, 0) is 9.57 Å². The fourth-order valence-electron chi connectivity index (χ4n) is 3.53. The summed E-state index contributed by atoms with van der Waals surface area (Å²) in [4.78, 5) is 5.79. The van der Waals surface area contributed by atoms with E-state index >= 15 is 0 Å². The van der Waals surface area contributed by atoms with Crippen LogP contribution < -0.4 is 0 Å². The number of fused-ring (bicyclic) bond motifs is 3. The lowest BCUT2D eigenvalue weighted by atomic mass is 10.0. The van der Waals surface area contributed by atoms with Crippen LogP contribution in [0.1, 0.15) is 77.0 Å². The summed E-state index contributed by atoms with van der Waals surface area (Å²) in [6, 6.07) is 15.0. The van der Waals surface area contributed by atoms with Gasteiger partial charge in [0, 0.05) is 17.7 Å². The van der Waals surface area contributed by atoms with E-state index in [2.05, 4.69) is 73.6 Å². The maximum Gasteiger partial charge on any atom is 0.129 e. The Bertz CT molecular complexity index is 903. The van der Waals surface area contributed by atoms with Crippen molar-refractivity contribution in [2.24, 2.45) is 5.16 Å². The minimum atomic E-state index is -0.317. The van der Waals surface area contributed by atoms with E-state index < -0.39 is 0 Å². The molecule has 160 valence electrons. The molecule has 0 radical (unpaired) electrons. The van der Waals surface area contributed by atoms with Gasteiger partial charge in [0.15, 0.2) is 0 Å². The first-order valence-electron chi connectivity index (χ1n) is 11.1. The van der Waals surface area contributed by atoms with Gasteiger partial charge < -0.3 is 9.57 Å². The number of unbranched alkanes of at least 4 members (excludes halogenated alkanes) is 3. The highest BCUT2D eigenvalue weighted by molar-refractivity contribution is 6.24. The molecule has 1 aliphatic carbocycles. The third-order valence-corrected chi connectivity index (χ3v) is 4.96. The summed E-state index contributed by atoms with van der Waals surface area (Å²) in [6.45, 7) is 11.1.